The highest BCUT2D eigenvalue weighted by molar-refractivity contribution is 7.89. The molecule has 3 rings (SSSR count). The fourth-order valence-corrected chi connectivity index (χ4v) is 4.42. The maximum Gasteiger partial charge on any atom is 0.272 e. The van der Waals surface area contributed by atoms with Gasteiger partial charge in [-0.1, -0.05) is 36.8 Å². The molecular formula is C18H24N3O3S+. The minimum absolute atomic E-state index is 0.267. The second kappa shape index (κ2) is 7.95. The quantitative estimate of drug-likeness (QED) is 0.821. The highest BCUT2D eigenvalue weighted by Gasteiger charge is 2.26. The van der Waals surface area contributed by atoms with Gasteiger partial charge in [-0.05, 0) is 24.5 Å². The molecule has 3 N–H and O–H groups in total. The van der Waals surface area contributed by atoms with Crippen molar-refractivity contribution in [3.8, 4) is 0 Å². The summed E-state index contributed by atoms with van der Waals surface area (Å²) in [6, 6.07) is 12.7. The summed E-state index contributed by atoms with van der Waals surface area (Å²) in [7, 11) is -3.43. The first-order chi connectivity index (χ1) is 12.1. The Balaban J connectivity index is 1.62. The number of piperidine rings is 1. The van der Waals surface area contributed by atoms with Crippen LogP contribution in [-0.2, 0) is 10.0 Å². The van der Waals surface area contributed by atoms with E-state index in [4.69, 9.17) is 0 Å². The molecule has 25 heavy (non-hydrogen) atoms. The van der Waals surface area contributed by atoms with Gasteiger partial charge in [-0.25, -0.2) is 13.4 Å². The third-order valence-electron chi connectivity index (χ3n) is 4.41. The van der Waals surface area contributed by atoms with E-state index >= 15 is 0 Å². The summed E-state index contributed by atoms with van der Waals surface area (Å²) < 4.78 is 26.7. The van der Waals surface area contributed by atoms with Crippen molar-refractivity contribution in [1.82, 2.24) is 4.31 Å². The third kappa shape index (κ3) is 4.36. The summed E-state index contributed by atoms with van der Waals surface area (Å²) in [5.41, 5.74) is 0.833. The number of aromatic nitrogens is 1. The fraction of sp³-hybridized carbons (Fsp3) is 0.389. The van der Waals surface area contributed by atoms with Gasteiger partial charge in [0.25, 0.3) is 5.82 Å². The molecule has 2 aromatic rings. The highest BCUT2D eigenvalue weighted by atomic mass is 32.2. The fourth-order valence-electron chi connectivity index (χ4n) is 2.93. The van der Waals surface area contributed by atoms with Crippen LogP contribution in [0.1, 0.15) is 30.9 Å². The number of aromatic amines is 1. The van der Waals surface area contributed by atoms with Crippen molar-refractivity contribution in [2.45, 2.75) is 30.3 Å². The van der Waals surface area contributed by atoms with Gasteiger partial charge in [0.05, 0.1) is 0 Å². The predicted molar refractivity (Wildman–Crippen MR) is 95.5 cm³/mol. The van der Waals surface area contributed by atoms with E-state index in [0.717, 1.165) is 24.8 Å². The Hall–Kier alpha value is -1.96. The molecule has 0 aliphatic carbocycles. The van der Waals surface area contributed by atoms with Crippen LogP contribution in [-0.4, -0.2) is 37.5 Å². The van der Waals surface area contributed by atoms with E-state index in [1.165, 1.54) is 6.20 Å². The van der Waals surface area contributed by atoms with Crippen LogP contribution in [0.5, 0.6) is 0 Å². The Kier molecular flexibility index (Phi) is 5.67. The smallest absolute Gasteiger partial charge is 0.272 e. The van der Waals surface area contributed by atoms with Gasteiger partial charge in [-0.2, -0.15) is 4.31 Å². The molecule has 7 heteroatoms. The Labute approximate surface area is 148 Å². The zero-order valence-electron chi connectivity index (χ0n) is 14.1. The first-order valence-electron chi connectivity index (χ1n) is 8.56. The van der Waals surface area contributed by atoms with Gasteiger partial charge in [0.1, 0.15) is 23.7 Å². The second-order valence-corrected chi connectivity index (χ2v) is 8.15. The van der Waals surface area contributed by atoms with Crippen LogP contribution in [0, 0.1) is 0 Å². The number of aliphatic hydroxyl groups is 1. The van der Waals surface area contributed by atoms with E-state index in [0.29, 0.717) is 25.5 Å². The van der Waals surface area contributed by atoms with Crippen molar-refractivity contribution in [1.29, 1.82) is 0 Å². The van der Waals surface area contributed by atoms with E-state index in [1.54, 1.807) is 16.4 Å². The number of hydrogen-bond acceptors (Lipinski definition) is 4. The lowest BCUT2D eigenvalue weighted by Gasteiger charge is -2.25. The molecule has 0 saturated carbocycles. The molecule has 1 aliphatic heterocycles. The topological polar surface area (TPSA) is 83.8 Å². The van der Waals surface area contributed by atoms with Crippen LogP contribution in [0.25, 0.3) is 0 Å². The lowest BCUT2D eigenvalue weighted by molar-refractivity contribution is -0.364. The molecule has 1 aliphatic rings. The largest absolute Gasteiger partial charge is 0.384 e. The van der Waals surface area contributed by atoms with E-state index in [1.807, 2.05) is 30.3 Å². The monoisotopic (exact) mass is 362 g/mol. The van der Waals surface area contributed by atoms with Gasteiger partial charge < -0.3 is 5.11 Å². The lowest BCUT2D eigenvalue weighted by Crippen LogP contribution is -2.36. The molecule has 2 heterocycles. The zero-order valence-corrected chi connectivity index (χ0v) is 14.9. The van der Waals surface area contributed by atoms with Gasteiger partial charge in [-0.15, -0.1) is 0 Å². The number of nitrogens with one attached hydrogen (secondary N) is 2. The molecule has 1 fully saturated rings. The molecule has 1 saturated heterocycles. The lowest BCUT2D eigenvalue weighted by atomic mass is 10.1. The maximum absolute atomic E-state index is 12.6. The van der Waals surface area contributed by atoms with Crippen LogP contribution in [0.2, 0.25) is 0 Å². The van der Waals surface area contributed by atoms with Crippen molar-refractivity contribution in [2.24, 2.45) is 0 Å². The molecule has 0 unspecified atom stereocenters. The predicted octanol–water partition coefficient (Wildman–Crippen LogP) is 1.82. The van der Waals surface area contributed by atoms with Crippen molar-refractivity contribution < 1.29 is 18.5 Å². The molecule has 0 radical (unpaired) electrons. The van der Waals surface area contributed by atoms with E-state index in [-0.39, 0.29) is 4.90 Å². The summed E-state index contributed by atoms with van der Waals surface area (Å²) in [6.07, 6.45) is 3.79. The summed E-state index contributed by atoms with van der Waals surface area (Å²) in [4.78, 5) is 3.23. The minimum atomic E-state index is -3.43. The SMILES string of the molecule is O=S(=O)(c1ccc(NC[C@H](O)c2ccccc2)[nH+]c1)N1CCCCC1. The number of sulfonamides is 1. The number of H-pyrrole nitrogens is 1. The first-order valence-corrected chi connectivity index (χ1v) is 10.00. The number of pyridine rings is 1. The normalized spacial score (nSPS) is 17.2. The van der Waals surface area contributed by atoms with Crippen molar-refractivity contribution >= 4 is 15.8 Å². The van der Waals surface area contributed by atoms with E-state index in [2.05, 4.69) is 10.3 Å². The summed E-state index contributed by atoms with van der Waals surface area (Å²) in [5, 5.41) is 13.2. The molecule has 6 nitrogen and oxygen atoms in total. The number of benzene rings is 1. The van der Waals surface area contributed by atoms with Gasteiger partial charge >= 0.3 is 0 Å². The molecule has 0 bridgehead atoms. The van der Waals surface area contributed by atoms with Crippen LogP contribution in [0.4, 0.5) is 5.82 Å². The number of nitrogens with zero attached hydrogens (tertiary/aromatic N) is 1. The standard InChI is InChI=1S/C18H23N3O3S/c22-17(15-7-3-1-4-8-15)14-20-18-10-9-16(13-19-18)25(23,24)21-11-5-2-6-12-21/h1,3-4,7-10,13,17,22H,2,5-6,11-12,14H2,(H,19,20)/p+1/t17-/m0/s1. The summed E-state index contributed by atoms with van der Waals surface area (Å²) in [5.74, 6) is 0.660. The number of rotatable bonds is 6. The molecule has 1 aromatic carbocycles. The highest BCUT2D eigenvalue weighted by Crippen LogP contribution is 2.20. The average Bonchev–Trinajstić information content (AvgIpc) is 2.68. The van der Waals surface area contributed by atoms with Crippen LogP contribution in [0.3, 0.4) is 0 Å². The van der Waals surface area contributed by atoms with Gasteiger partial charge in [0.2, 0.25) is 10.0 Å². The Morgan fingerprint density at radius 1 is 1.08 bits per heavy atom. The summed E-state index contributed by atoms with van der Waals surface area (Å²) >= 11 is 0. The van der Waals surface area contributed by atoms with Crippen molar-refractivity contribution in [2.75, 3.05) is 25.0 Å². The van der Waals surface area contributed by atoms with Gasteiger partial charge in [0.15, 0.2) is 0 Å². The molecule has 1 atom stereocenters. The number of hydrogen-bond donors (Lipinski definition) is 2. The van der Waals surface area contributed by atoms with Gasteiger partial charge in [-0.3, -0.25) is 5.32 Å². The molecule has 0 spiro atoms. The number of anilines is 1. The van der Waals surface area contributed by atoms with E-state index in [9.17, 15) is 13.5 Å². The van der Waals surface area contributed by atoms with Crippen LogP contribution in [0.15, 0.2) is 53.6 Å². The number of aliphatic hydroxyl groups excluding tert-OH is 1. The Bertz CT molecular complexity index is 773. The Morgan fingerprint density at radius 2 is 1.80 bits per heavy atom. The summed E-state index contributed by atoms with van der Waals surface area (Å²) in [6.45, 7) is 1.51. The maximum atomic E-state index is 12.6. The van der Waals surface area contributed by atoms with Crippen molar-refractivity contribution in [3.63, 3.8) is 0 Å². The zero-order chi connectivity index (χ0) is 17.7. The molecule has 1 aromatic heterocycles. The Morgan fingerprint density at radius 3 is 2.44 bits per heavy atom. The third-order valence-corrected chi connectivity index (χ3v) is 6.30. The van der Waals surface area contributed by atoms with E-state index < -0.39 is 16.1 Å². The molecular weight excluding hydrogens is 338 g/mol. The van der Waals surface area contributed by atoms with Crippen LogP contribution >= 0.6 is 0 Å². The average molecular weight is 362 g/mol. The minimum Gasteiger partial charge on any atom is -0.384 e. The van der Waals surface area contributed by atoms with Crippen molar-refractivity contribution in [3.05, 3.63) is 54.2 Å². The van der Waals surface area contributed by atoms with Gasteiger partial charge in [0, 0.05) is 19.2 Å². The first kappa shape index (κ1) is 17.8. The second-order valence-electron chi connectivity index (χ2n) is 6.21. The van der Waals surface area contributed by atoms with Crippen LogP contribution < -0.4 is 10.3 Å². The molecule has 134 valence electrons. The molecule has 0 amide bonds.